The maximum atomic E-state index is 10.3. The molecule has 1 aliphatic rings. The standard InChI is InChI=1S/C19H26N2O3/c1-15-11-18(24-20-15)12-16-13-21(14-19(16)22)9-5-6-10-23-17-7-3-2-4-8-17/h2-4,7-8,11,16,19,22H,5-6,9-10,12-14H2,1H3/t16-,19-/m1/s1. The predicted molar refractivity (Wildman–Crippen MR) is 92.1 cm³/mol. The summed E-state index contributed by atoms with van der Waals surface area (Å²) in [5.74, 6) is 2.03. The molecule has 2 heterocycles. The van der Waals surface area contributed by atoms with Crippen LogP contribution in [-0.4, -0.2) is 47.5 Å². The smallest absolute Gasteiger partial charge is 0.137 e. The van der Waals surface area contributed by atoms with Gasteiger partial charge >= 0.3 is 0 Å². The zero-order valence-corrected chi connectivity index (χ0v) is 14.2. The molecular formula is C19H26N2O3. The van der Waals surface area contributed by atoms with E-state index in [0.717, 1.165) is 62.7 Å². The first-order chi connectivity index (χ1) is 11.7. The molecule has 1 fully saturated rings. The quantitative estimate of drug-likeness (QED) is 0.754. The monoisotopic (exact) mass is 330 g/mol. The first-order valence-electron chi connectivity index (χ1n) is 8.71. The van der Waals surface area contributed by atoms with Crippen LogP contribution in [0.25, 0.3) is 0 Å². The molecule has 0 bridgehead atoms. The van der Waals surface area contributed by atoms with Crippen molar-refractivity contribution in [1.29, 1.82) is 0 Å². The van der Waals surface area contributed by atoms with Gasteiger partial charge in [-0.05, 0) is 38.4 Å². The largest absolute Gasteiger partial charge is 0.494 e. The van der Waals surface area contributed by atoms with Gasteiger partial charge in [-0.15, -0.1) is 0 Å². The van der Waals surface area contributed by atoms with E-state index in [-0.39, 0.29) is 12.0 Å². The molecule has 0 spiro atoms. The number of aliphatic hydroxyl groups is 1. The number of aryl methyl sites for hydroxylation is 1. The van der Waals surface area contributed by atoms with Crippen LogP contribution >= 0.6 is 0 Å². The summed E-state index contributed by atoms with van der Waals surface area (Å²) in [4.78, 5) is 2.33. The number of nitrogens with zero attached hydrogens (tertiary/aromatic N) is 2. The van der Waals surface area contributed by atoms with Crippen LogP contribution in [0.4, 0.5) is 0 Å². The summed E-state index contributed by atoms with van der Waals surface area (Å²) < 4.78 is 11.0. The normalized spacial score (nSPS) is 21.2. The van der Waals surface area contributed by atoms with E-state index in [9.17, 15) is 5.11 Å². The summed E-state index contributed by atoms with van der Waals surface area (Å²) in [6.07, 6.45) is 2.58. The molecule has 24 heavy (non-hydrogen) atoms. The van der Waals surface area contributed by atoms with E-state index in [2.05, 4.69) is 10.1 Å². The third kappa shape index (κ3) is 4.82. The van der Waals surface area contributed by atoms with E-state index in [1.54, 1.807) is 0 Å². The zero-order chi connectivity index (χ0) is 16.8. The third-order valence-electron chi connectivity index (χ3n) is 4.50. The Hall–Kier alpha value is -1.85. The van der Waals surface area contributed by atoms with E-state index in [0.29, 0.717) is 0 Å². The van der Waals surface area contributed by atoms with Gasteiger partial charge in [-0.3, -0.25) is 0 Å². The Kier molecular flexibility index (Phi) is 5.88. The van der Waals surface area contributed by atoms with Gasteiger partial charge in [0.2, 0.25) is 0 Å². The van der Waals surface area contributed by atoms with E-state index in [1.165, 1.54) is 0 Å². The number of aliphatic hydroxyl groups excluding tert-OH is 1. The minimum absolute atomic E-state index is 0.234. The highest BCUT2D eigenvalue weighted by atomic mass is 16.5. The number of benzene rings is 1. The number of hydrogen-bond acceptors (Lipinski definition) is 5. The van der Waals surface area contributed by atoms with Gasteiger partial charge < -0.3 is 19.3 Å². The molecule has 1 saturated heterocycles. The third-order valence-corrected chi connectivity index (χ3v) is 4.50. The average Bonchev–Trinajstić information content (AvgIpc) is 3.14. The van der Waals surface area contributed by atoms with Crippen LogP contribution in [0.5, 0.6) is 5.75 Å². The highest BCUT2D eigenvalue weighted by Gasteiger charge is 2.31. The second kappa shape index (κ2) is 8.31. The van der Waals surface area contributed by atoms with Crippen LogP contribution < -0.4 is 4.74 Å². The molecule has 5 heteroatoms. The van der Waals surface area contributed by atoms with Gasteiger partial charge in [-0.25, -0.2) is 0 Å². The van der Waals surface area contributed by atoms with E-state index < -0.39 is 0 Å². The maximum absolute atomic E-state index is 10.3. The molecule has 0 radical (unpaired) electrons. The Morgan fingerprint density at radius 2 is 2.08 bits per heavy atom. The summed E-state index contributed by atoms with van der Waals surface area (Å²) in [7, 11) is 0. The summed E-state index contributed by atoms with van der Waals surface area (Å²) in [5.41, 5.74) is 0.896. The Balaban J connectivity index is 1.33. The van der Waals surface area contributed by atoms with Crippen molar-refractivity contribution in [3.05, 3.63) is 47.9 Å². The van der Waals surface area contributed by atoms with Gasteiger partial charge in [0.25, 0.3) is 0 Å². The fourth-order valence-corrected chi connectivity index (χ4v) is 3.24. The summed E-state index contributed by atoms with van der Waals surface area (Å²) in [6.45, 7) is 5.32. The van der Waals surface area contributed by atoms with Gasteiger partial charge in [0.15, 0.2) is 0 Å². The zero-order valence-electron chi connectivity index (χ0n) is 14.2. The van der Waals surface area contributed by atoms with Gasteiger partial charge in [-0.2, -0.15) is 0 Å². The predicted octanol–water partition coefficient (Wildman–Crippen LogP) is 2.68. The number of aromatic nitrogens is 1. The molecule has 0 unspecified atom stereocenters. The Bertz CT molecular complexity index is 614. The second-order valence-electron chi connectivity index (χ2n) is 6.59. The fourth-order valence-electron chi connectivity index (χ4n) is 3.24. The minimum Gasteiger partial charge on any atom is -0.494 e. The number of β-amino-alcohol motifs (C(OH)–C–C–N with tert-alkyl or cyclic N) is 1. The lowest BCUT2D eigenvalue weighted by molar-refractivity contribution is 0.137. The van der Waals surface area contributed by atoms with Crippen molar-refractivity contribution < 1.29 is 14.4 Å². The van der Waals surface area contributed by atoms with Crippen molar-refractivity contribution in [3.63, 3.8) is 0 Å². The van der Waals surface area contributed by atoms with Crippen LogP contribution in [0.2, 0.25) is 0 Å². The SMILES string of the molecule is Cc1cc(C[C@@H]2CN(CCCCOc3ccccc3)C[C@H]2O)on1. The van der Waals surface area contributed by atoms with Gasteiger partial charge in [-0.1, -0.05) is 23.4 Å². The van der Waals surface area contributed by atoms with Crippen LogP contribution in [-0.2, 0) is 6.42 Å². The van der Waals surface area contributed by atoms with Crippen LogP contribution in [0.15, 0.2) is 40.9 Å². The van der Waals surface area contributed by atoms with Crippen LogP contribution in [0, 0.1) is 12.8 Å². The molecule has 130 valence electrons. The average molecular weight is 330 g/mol. The molecule has 0 aliphatic carbocycles. The number of para-hydroxylation sites is 1. The van der Waals surface area contributed by atoms with Crippen molar-refractivity contribution >= 4 is 0 Å². The van der Waals surface area contributed by atoms with Crippen molar-refractivity contribution in [1.82, 2.24) is 10.1 Å². The second-order valence-corrected chi connectivity index (χ2v) is 6.59. The molecule has 1 aliphatic heterocycles. The van der Waals surface area contributed by atoms with Gasteiger partial charge in [0.1, 0.15) is 11.5 Å². The highest BCUT2D eigenvalue weighted by molar-refractivity contribution is 5.20. The number of unbranched alkanes of at least 4 members (excludes halogenated alkanes) is 1. The molecule has 1 N–H and O–H groups in total. The van der Waals surface area contributed by atoms with Crippen LogP contribution in [0.1, 0.15) is 24.3 Å². The molecule has 2 aromatic rings. The lowest BCUT2D eigenvalue weighted by atomic mass is 10.0. The van der Waals surface area contributed by atoms with E-state index in [4.69, 9.17) is 9.26 Å². The molecule has 2 atom stereocenters. The number of hydrogen-bond donors (Lipinski definition) is 1. The number of likely N-dealkylation sites (tertiary alicyclic amines) is 1. The number of rotatable bonds is 8. The Morgan fingerprint density at radius 1 is 1.25 bits per heavy atom. The van der Waals surface area contributed by atoms with Crippen molar-refractivity contribution in [2.24, 2.45) is 5.92 Å². The maximum Gasteiger partial charge on any atom is 0.137 e. The molecular weight excluding hydrogens is 304 g/mol. The molecule has 0 amide bonds. The topological polar surface area (TPSA) is 58.7 Å². The lowest BCUT2D eigenvalue weighted by Gasteiger charge is -2.15. The van der Waals surface area contributed by atoms with E-state index in [1.807, 2.05) is 43.3 Å². The Labute approximate surface area is 143 Å². The van der Waals surface area contributed by atoms with Gasteiger partial charge in [0, 0.05) is 31.5 Å². The number of ether oxygens (including phenoxy) is 1. The fraction of sp³-hybridized carbons (Fsp3) is 0.526. The molecule has 3 rings (SSSR count). The first-order valence-corrected chi connectivity index (χ1v) is 8.71. The summed E-state index contributed by atoms with van der Waals surface area (Å²) >= 11 is 0. The molecule has 1 aromatic carbocycles. The Morgan fingerprint density at radius 3 is 2.83 bits per heavy atom. The minimum atomic E-state index is -0.282. The summed E-state index contributed by atoms with van der Waals surface area (Å²) in [5, 5.41) is 14.2. The lowest BCUT2D eigenvalue weighted by Crippen LogP contribution is -2.23. The van der Waals surface area contributed by atoms with Crippen molar-refractivity contribution in [2.45, 2.75) is 32.3 Å². The van der Waals surface area contributed by atoms with E-state index >= 15 is 0 Å². The van der Waals surface area contributed by atoms with Crippen molar-refractivity contribution in [3.8, 4) is 5.75 Å². The van der Waals surface area contributed by atoms with Crippen LogP contribution in [0.3, 0.4) is 0 Å². The highest BCUT2D eigenvalue weighted by Crippen LogP contribution is 2.22. The molecule has 0 saturated carbocycles. The first kappa shape index (κ1) is 17.0. The molecule has 1 aromatic heterocycles. The summed E-state index contributed by atoms with van der Waals surface area (Å²) in [6, 6.07) is 11.9. The van der Waals surface area contributed by atoms with Crippen molar-refractivity contribution in [2.75, 3.05) is 26.2 Å². The molecule has 5 nitrogen and oxygen atoms in total. The van der Waals surface area contributed by atoms with Gasteiger partial charge in [0.05, 0.1) is 18.4 Å².